The van der Waals surface area contributed by atoms with Crippen molar-refractivity contribution in [1.29, 1.82) is 0 Å². The van der Waals surface area contributed by atoms with Crippen LogP contribution in [0.3, 0.4) is 0 Å². The molecule has 1 aliphatic heterocycles. The summed E-state index contributed by atoms with van der Waals surface area (Å²) < 4.78 is 12.0. The first-order valence-electron chi connectivity index (χ1n) is 10.2. The second-order valence-electron chi connectivity index (χ2n) is 7.67. The summed E-state index contributed by atoms with van der Waals surface area (Å²) in [6.45, 7) is 0. The van der Waals surface area contributed by atoms with Gasteiger partial charge in [-0.05, 0) is 37.1 Å². The molecule has 0 atom stereocenters. The third kappa shape index (κ3) is 4.25. The average Bonchev–Trinajstić information content (AvgIpc) is 3.49. The van der Waals surface area contributed by atoms with Gasteiger partial charge < -0.3 is 14.8 Å². The minimum absolute atomic E-state index is 0.107. The number of nitrogens with zero attached hydrogens (tertiary/aromatic N) is 1. The van der Waals surface area contributed by atoms with E-state index in [1.54, 1.807) is 41.8 Å². The van der Waals surface area contributed by atoms with Crippen molar-refractivity contribution < 1.29 is 19.1 Å². The number of fused-ring (bicyclic) bond motifs is 1. The molecule has 1 fully saturated rings. The van der Waals surface area contributed by atoms with Gasteiger partial charge in [0.15, 0.2) is 16.6 Å². The summed E-state index contributed by atoms with van der Waals surface area (Å²) in [5, 5.41) is 7.87. The van der Waals surface area contributed by atoms with E-state index in [-0.39, 0.29) is 18.2 Å². The van der Waals surface area contributed by atoms with Gasteiger partial charge in [-0.1, -0.05) is 18.2 Å². The lowest BCUT2D eigenvalue weighted by atomic mass is 10.2. The molecule has 2 aromatic carbocycles. The molecule has 8 heteroatoms. The highest BCUT2D eigenvalue weighted by Gasteiger charge is 2.44. The van der Waals surface area contributed by atoms with E-state index in [1.807, 2.05) is 12.1 Å². The smallest absolute Gasteiger partial charge is 0.257 e. The molecule has 31 heavy (non-hydrogen) atoms. The highest BCUT2D eigenvalue weighted by Crippen LogP contribution is 2.47. The van der Waals surface area contributed by atoms with Crippen molar-refractivity contribution in [3.63, 3.8) is 0 Å². The first-order chi connectivity index (χ1) is 15.1. The molecule has 3 aromatic rings. The first kappa shape index (κ1) is 19.6. The van der Waals surface area contributed by atoms with Crippen molar-refractivity contribution >= 4 is 34.0 Å². The minimum Gasteiger partial charge on any atom is -0.448 e. The maximum absolute atomic E-state index is 12.5. The lowest BCUT2D eigenvalue weighted by Gasteiger charge is -2.21. The Bertz CT molecular complexity index is 1120. The van der Waals surface area contributed by atoms with Gasteiger partial charge in [-0.2, -0.15) is 0 Å². The molecule has 1 spiro atoms. The van der Waals surface area contributed by atoms with E-state index < -0.39 is 5.79 Å². The highest BCUT2D eigenvalue weighted by molar-refractivity contribution is 7.14. The molecule has 158 valence electrons. The molecule has 1 aliphatic carbocycles. The van der Waals surface area contributed by atoms with Crippen LogP contribution < -0.4 is 20.1 Å². The molecule has 1 saturated carbocycles. The number of carbonyl (C=O) groups excluding carboxylic acids is 2. The van der Waals surface area contributed by atoms with Gasteiger partial charge in [0.1, 0.15) is 0 Å². The number of thiazole rings is 1. The van der Waals surface area contributed by atoms with Crippen LogP contribution in [0.25, 0.3) is 0 Å². The quantitative estimate of drug-likeness (QED) is 0.611. The van der Waals surface area contributed by atoms with Gasteiger partial charge in [0.2, 0.25) is 5.91 Å². The van der Waals surface area contributed by atoms with Crippen LogP contribution in [0, 0.1) is 0 Å². The molecule has 2 N–H and O–H groups in total. The average molecular weight is 436 g/mol. The lowest BCUT2D eigenvalue weighted by molar-refractivity contribution is -0.115. The van der Waals surface area contributed by atoms with E-state index >= 15 is 0 Å². The molecule has 2 amide bonds. The molecule has 0 unspecified atom stereocenters. The Labute approximate surface area is 183 Å². The molecular weight excluding hydrogens is 414 g/mol. The summed E-state index contributed by atoms with van der Waals surface area (Å²) in [7, 11) is 0. The Balaban J connectivity index is 1.18. The number of hydrogen-bond acceptors (Lipinski definition) is 6. The summed E-state index contributed by atoms with van der Waals surface area (Å²) in [6.07, 6.45) is 4.07. The second kappa shape index (κ2) is 8.03. The maximum Gasteiger partial charge on any atom is 0.257 e. The summed E-state index contributed by atoms with van der Waals surface area (Å²) in [6, 6.07) is 14.4. The number of hydrogen-bond donors (Lipinski definition) is 2. The van der Waals surface area contributed by atoms with Crippen molar-refractivity contribution in [3.8, 4) is 11.5 Å². The van der Waals surface area contributed by atoms with Gasteiger partial charge in [-0.15, -0.1) is 11.3 Å². The van der Waals surface area contributed by atoms with Crippen LogP contribution in [0.5, 0.6) is 11.5 Å². The van der Waals surface area contributed by atoms with E-state index in [1.165, 1.54) is 11.3 Å². The van der Waals surface area contributed by atoms with E-state index in [4.69, 9.17) is 9.47 Å². The SMILES string of the molecule is O=C(Cc1csc(NC(=O)c2ccccc2)n1)Nc1ccc2c(c1)OC1(CCCC1)O2. The third-order valence-electron chi connectivity index (χ3n) is 5.33. The van der Waals surface area contributed by atoms with Crippen molar-refractivity contribution in [2.75, 3.05) is 10.6 Å². The molecule has 1 aromatic heterocycles. The number of rotatable bonds is 5. The largest absolute Gasteiger partial charge is 0.448 e. The van der Waals surface area contributed by atoms with Crippen LogP contribution in [0.15, 0.2) is 53.9 Å². The normalized spacial score (nSPS) is 15.7. The van der Waals surface area contributed by atoms with Crippen molar-refractivity contribution in [1.82, 2.24) is 4.98 Å². The fourth-order valence-corrected chi connectivity index (χ4v) is 4.57. The minimum atomic E-state index is -0.522. The maximum atomic E-state index is 12.5. The van der Waals surface area contributed by atoms with Gasteiger partial charge in [-0.25, -0.2) is 4.98 Å². The van der Waals surface area contributed by atoms with E-state index in [2.05, 4.69) is 15.6 Å². The fourth-order valence-electron chi connectivity index (χ4n) is 3.86. The van der Waals surface area contributed by atoms with Crippen LogP contribution in [-0.4, -0.2) is 22.6 Å². The van der Waals surface area contributed by atoms with Crippen molar-refractivity contribution in [2.24, 2.45) is 0 Å². The molecule has 0 bridgehead atoms. The number of benzene rings is 2. The number of carbonyl (C=O) groups is 2. The van der Waals surface area contributed by atoms with Crippen LogP contribution in [0.4, 0.5) is 10.8 Å². The zero-order valence-electron chi connectivity index (χ0n) is 16.7. The molecule has 7 nitrogen and oxygen atoms in total. The van der Waals surface area contributed by atoms with E-state index in [0.717, 1.165) is 31.4 Å². The Morgan fingerprint density at radius 1 is 1.00 bits per heavy atom. The number of ether oxygens (including phenoxy) is 2. The first-order valence-corrected chi connectivity index (χ1v) is 11.1. The van der Waals surface area contributed by atoms with Gasteiger partial charge in [0.05, 0.1) is 12.1 Å². The highest BCUT2D eigenvalue weighted by atomic mass is 32.1. The number of anilines is 2. The van der Waals surface area contributed by atoms with Crippen LogP contribution in [-0.2, 0) is 11.2 Å². The second-order valence-corrected chi connectivity index (χ2v) is 8.53. The third-order valence-corrected chi connectivity index (χ3v) is 6.14. The molecule has 0 radical (unpaired) electrons. The number of aromatic nitrogens is 1. The summed E-state index contributed by atoms with van der Waals surface area (Å²) in [4.78, 5) is 29.1. The zero-order chi connectivity index (χ0) is 21.3. The summed E-state index contributed by atoms with van der Waals surface area (Å²) >= 11 is 1.29. The summed E-state index contributed by atoms with van der Waals surface area (Å²) in [5.74, 6) is 0.441. The Morgan fingerprint density at radius 2 is 1.77 bits per heavy atom. The predicted molar refractivity (Wildman–Crippen MR) is 118 cm³/mol. The van der Waals surface area contributed by atoms with E-state index in [9.17, 15) is 9.59 Å². The topological polar surface area (TPSA) is 89.6 Å². The van der Waals surface area contributed by atoms with E-state index in [0.29, 0.717) is 27.8 Å². The van der Waals surface area contributed by atoms with Gasteiger partial charge in [0, 0.05) is 35.5 Å². The van der Waals surface area contributed by atoms with Gasteiger partial charge in [-0.3, -0.25) is 14.9 Å². The Morgan fingerprint density at radius 3 is 2.58 bits per heavy atom. The van der Waals surface area contributed by atoms with Crippen LogP contribution in [0.1, 0.15) is 41.7 Å². The molecule has 2 aliphatic rings. The van der Waals surface area contributed by atoms with Crippen molar-refractivity contribution in [2.45, 2.75) is 37.9 Å². The lowest BCUT2D eigenvalue weighted by Crippen LogP contribution is -2.34. The zero-order valence-corrected chi connectivity index (χ0v) is 17.5. The van der Waals surface area contributed by atoms with Crippen LogP contribution in [0.2, 0.25) is 0 Å². The molecular formula is C23H21N3O4S. The Kier molecular flexibility index (Phi) is 5.07. The summed E-state index contributed by atoms with van der Waals surface area (Å²) in [5.41, 5.74) is 1.80. The van der Waals surface area contributed by atoms with Crippen LogP contribution >= 0.6 is 11.3 Å². The number of nitrogens with one attached hydrogen (secondary N) is 2. The monoisotopic (exact) mass is 435 g/mol. The van der Waals surface area contributed by atoms with Crippen molar-refractivity contribution in [3.05, 3.63) is 65.2 Å². The standard InChI is InChI=1S/C23H21N3O4S/c27-20(13-17-14-31-22(25-17)26-21(28)15-6-2-1-3-7-15)24-16-8-9-18-19(12-16)30-23(29-18)10-4-5-11-23/h1-3,6-9,12,14H,4-5,10-11,13H2,(H,24,27)(H,25,26,28). The number of amides is 2. The molecule has 0 saturated heterocycles. The molecule has 2 heterocycles. The fraction of sp³-hybridized carbons (Fsp3) is 0.261. The Hall–Kier alpha value is -3.39. The van der Waals surface area contributed by atoms with Gasteiger partial charge in [0.25, 0.3) is 11.7 Å². The predicted octanol–water partition coefficient (Wildman–Crippen LogP) is 4.62. The molecule has 5 rings (SSSR count). The van der Waals surface area contributed by atoms with Gasteiger partial charge >= 0.3 is 0 Å².